The summed E-state index contributed by atoms with van der Waals surface area (Å²) in [6.45, 7) is 4.10. The molecule has 0 aromatic heterocycles. The Labute approximate surface area is 116 Å². The predicted octanol–water partition coefficient (Wildman–Crippen LogP) is -0.957. The normalized spacial score (nSPS) is 27.6. The van der Waals surface area contributed by atoms with Gasteiger partial charge in [-0.05, 0) is 13.8 Å². The number of nitrogens with zero attached hydrogens (tertiary/aromatic N) is 3. The Hall–Kier alpha value is -1.96. The minimum Gasteiger partial charge on any atom is -0.372 e. The number of hydrogen-bond donors (Lipinski definition) is 0. The molecule has 20 heavy (non-hydrogen) atoms. The fraction of sp³-hybridized carbons (Fsp3) is 0.667. The molecule has 0 aliphatic carbocycles. The van der Waals surface area contributed by atoms with Gasteiger partial charge in [-0.25, -0.2) is 9.69 Å². The summed E-state index contributed by atoms with van der Waals surface area (Å²) in [6.07, 6.45) is -0.200. The van der Waals surface area contributed by atoms with E-state index in [9.17, 15) is 19.2 Å². The maximum absolute atomic E-state index is 12.1. The Morgan fingerprint density at radius 3 is 2.15 bits per heavy atom. The van der Waals surface area contributed by atoms with E-state index in [1.807, 2.05) is 13.8 Å². The van der Waals surface area contributed by atoms with Crippen molar-refractivity contribution in [3.05, 3.63) is 0 Å². The minimum atomic E-state index is -0.958. The van der Waals surface area contributed by atoms with Crippen LogP contribution in [0.4, 0.5) is 4.79 Å². The van der Waals surface area contributed by atoms with Crippen LogP contribution < -0.4 is 0 Å². The smallest absolute Gasteiger partial charge is 0.334 e. The highest BCUT2D eigenvalue weighted by atomic mass is 16.5. The average molecular weight is 283 g/mol. The molecule has 0 N–H and O–H groups in total. The number of imide groups is 2. The summed E-state index contributed by atoms with van der Waals surface area (Å²) in [5.74, 6) is -2.23. The van der Waals surface area contributed by atoms with Gasteiger partial charge in [0.15, 0.2) is 0 Å². The number of carbonyl (C=O) groups is 4. The number of carbonyl (C=O) groups excluding carboxylic acids is 4. The number of morpholine rings is 1. The van der Waals surface area contributed by atoms with Gasteiger partial charge in [-0.2, -0.15) is 0 Å². The first-order valence-corrected chi connectivity index (χ1v) is 6.38. The summed E-state index contributed by atoms with van der Waals surface area (Å²) in [7, 11) is 1.21. The van der Waals surface area contributed by atoms with E-state index in [4.69, 9.17) is 4.74 Å². The number of hydrogen-bond acceptors (Lipinski definition) is 5. The zero-order valence-electron chi connectivity index (χ0n) is 11.7. The van der Waals surface area contributed by atoms with Crippen molar-refractivity contribution in [3.8, 4) is 0 Å². The highest BCUT2D eigenvalue weighted by Gasteiger charge is 2.43. The van der Waals surface area contributed by atoms with Crippen molar-refractivity contribution < 1.29 is 23.9 Å². The molecule has 8 nitrogen and oxygen atoms in total. The fourth-order valence-electron chi connectivity index (χ4n) is 2.37. The van der Waals surface area contributed by atoms with Crippen molar-refractivity contribution in [2.45, 2.75) is 26.1 Å². The van der Waals surface area contributed by atoms with E-state index in [1.54, 1.807) is 4.90 Å². The lowest BCUT2D eigenvalue weighted by atomic mass is 10.2. The maximum atomic E-state index is 12.1. The van der Waals surface area contributed by atoms with Gasteiger partial charge in [-0.3, -0.25) is 19.3 Å². The van der Waals surface area contributed by atoms with E-state index in [1.165, 1.54) is 7.05 Å². The van der Waals surface area contributed by atoms with Gasteiger partial charge in [0.05, 0.1) is 12.2 Å². The van der Waals surface area contributed by atoms with E-state index in [0.29, 0.717) is 22.9 Å². The van der Waals surface area contributed by atoms with Crippen LogP contribution in [-0.2, 0) is 19.1 Å². The number of likely N-dealkylation sites (N-methyl/N-ethyl adjacent to an activating group) is 1. The average Bonchev–Trinajstić information content (AvgIpc) is 2.55. The molecule has 0 aromatic rings. The van der Waals surface area contributed by atoms with Gasteiger partial charge in [0, 0.05) is 20.1 Å². The van der Waals surface area contributed by atoms with Crippen LogP contribution in [0, 0.1) is 0 Å². The zero-order valence-corrected chi connectivity index (χ0v) is 11.7. The van der Waals surface area contributed by atoms with E-state index in [-0.39, 0.29) is 18.1 Å². The van der Waals surface area contributed by atoms with Gasteiger partial charge in [-0.1, -0.05) is 0 Å². The van der Waals surface area contributed by atoms with Gasteiger partial charge >= 0.3 is 17.8 Å². The molecule has 0 saturated carbocycles. The molecule has 110 valence electrons. The van der Waals surface area contributed by atoms with Crippen molar-refractivity contribution in [1.82, 2.24) is 14.7 Å². The van der Waals surface area contributed by atoms with Gasteiger partial charge in [0.25, 0.3) is 0 Å². The van der Waals surface area contributed by atoms with E-state index in [2.05, 4.69) is 0 Å². The molecule has 0 radical (unpaired) electrons. The van der Waals surface area contributed by atoms with Crippen LogP contribution in [-0.4, -0.2) is 77.3 Å². The van der Waals surface area contributed by atoms with E-state index < -0.39 is 24.4 Å². The Bertz CT molecular complexity index is 468. The molecule has 0 aromatic carbocycles. The molecule has 2 rings (SSSR count). The molecule has 0 spiro atoms. The molecule has 2 aliphatic heterocycles. The molecule has 2 fully saturated rings. The highest BCUT2D eigenvalue weighted by Crippen LogP contribution is 2.13. The van der Waals surface area contributed by atoms with Crippen molar-refractivity contribution in [3.63, 3.8) is 0 Å². The third-order valence-electron chi connectivity index (χ3n) is 3.32. The Morgan fingerprint density at radius 1 is 1.15 bits per heavy atom. The fourth-order valence-corrected chi connectivity index (χ4v) is 2.37. The molecule has 0 unspecified atom stereocenters. The second-order valence-electron chi connectivity index (χ2n) is 5.09. The summed E-state index contributed by atoms with van der Waals surface area (Å²) >= 11 is 0. The quantitative estimate of drug-likeness (QED) is 0.481. The van der Waals surface area contributed by atoms with Crippen LogP contribution >= 0.6 is 0 Å². The van der Waals surface area contributed by atoms with E-state index in [0.717, 1.165) is 0 Å². The first-order valence-electron chi connectivity index (χ1n) is 6.38. The molecule has 2 aliphatic rings. The summed E-state index contributed by atoms with van der Waals surface area (Å²) in [5, 5.41) is 0. The lowest BCUT2D eigenvalue weighted by Gasteiger charge is -2.35. The molecular formula is C12H17N3O5. The standard InChI is InChI=1S/C12H17N3O5/c1-7-4-14(5-8(2)20-7)9(16)6-15-11(18)10(17)13(3)12(15)19/h7-8H,4-6H2,1-3H3/t7-,8+. The monoisotopic (exact) mass is 283 g/mol. The number of amides is 5. The number of ether oxygens (including phenoxy) is 1. The second kappa shape index (κ2) is 5.20. The third-order valence-corrected chi connectivity index (χ3v) is 3.32. The van der Waals surface area contributed by atoms with Crippen molar-refractivity contribution in [1.29, 1.82) is 0 Å². The van der Waals surface area contributed by atoms with Crippen LogP contribution in [0.15, 0.2) is 0 Å². The molecule has 5 amide bonds. The Balaban J connectivity index is 2.03. The molecule has 8 heteroatoms. The van der Waals surface area contributed by atoms with Gasteiger partial charge in [0.1, 0.15) is 6.54 Å². The molecule has 2 saturated heterocycles. The lowest BCUT2D eigenvalue weighted by Crippen LogP contribution is -2.51. The zero-order chi connectivity index (χ0) is 15.0. The van der Waals surface area contributed by atoms with Gasteiger partial charge < -0.3 is 9.64 Å². The van der Waals surface area contributed by atoms with Crippen molar-refractivity contribution in [2.24, 2.45) is 0 Å². The SMILES string of the molecule is C[C@@H]1CN(C(=O)CN2C(=O)C(=O)N(C)C2=O)C[C@H](C)O1. The summed E-state index contributed by atoms with van der Waals surface area (Å²) in [4.78, 5) is 49.7. The third kappa shape index (κ3) is 2.51. The maximum Gasteiger partial charge on any atom is 0.334 e. The summed E-state index contributed by atoms with van der Waals surface area (Å²) in [5.41, 5.74) is 0. The molecular weight excluding hydrogens is 266 g/mol. The van der Waals surface area contributed by atoms with Crippen LogP contribution in [0.3, 0.4) is 0 Å². The summed E-state index contributed by atoms with van der Waals surface area (Å²) < 4.78 is 5.51. The van der Waals surface area contributed by atoms with Gasteiger partial charge in [0.2, 0.25) is 5.91 Å². The Kier molecular flexibility index (Phi) is 3.76. The molecule has 2 heterocycles. The van der Waals surface area contributed by atoms with Crippen LogP contribution in [0.1, 0.15) is 13.8 Å². The van der Waals surface area contributed by atoms with Crippen LogP contribution in [0.2, 0.25) is 0 Å². The first kappa shape index (κ1) is 14.4. The van der Waals surface area contributed by atoms with E-state index >= 15 is 0 Å². The first-order chi connectivity index (χ1) is 9.31. The van der Waals surface area contributed by atoms with Crippen LogP contribution in [0.5, 0.6) is 0 Å². The highest BCUT2D eigenvalue weighted by molar-refractivity contribution is 6.44. The Morgan fingerprint density at radius 2 is 1.70 bits per heavy atom. The minimum absolute atomic E-state index is 0.100. The number of rotatable bonds is 2. The number of urea groups is 1. The topological polar surface area (TPSA) is 87.2 Å². The molecule has 0 bridgehead atoms. The molecule has 2 atom stereocenters. The van der Waals surface area contributed by atoms with Crippen molar-refractivity contribution in [2.75, 3.05) is 26.7 Å². The summed E-state index contributed by atoms with van der Waals surface area (Å²) in [6, 6.07) is -0.761. The lowest BCUT2D eigenvalue weighted by molar-refractivity contribution is -0.148. The second-order valence-corrected chi connectivity index (χ2v) is 5.09. The van der Waals surface area contributed by atoms with Crippen LogP contribution in [0.25, 0.3) is 0 Å². The predicted molar refractivity (Wildman–Crippen MR) is 66.5 cm³/mol. The largest absolute Gasteiger partial charge is 0.372 e. The van der Waals surface area contributed by atoms with Gasteiger partial charge in [-0.15, -0.1) is 0 Å². The van der Waals surface area contributed by atoms with Crippen molar-refractivity contribution >= 4 is 23.8 Å².